The Morgan fingerprint density at radius 3 is 2.82 bits per heavy atom. The Morgan fingerprint density at radius 1 is 1.47 bits per heavy atom. The van der Waals surface area contributed by atoms with Crippen LogP contribution in [0.25, 0.3) is 0 Å². The molecule has 1 aliphatic heterocycles. The second-order valence-corrected chi connectivity index (χ2v) is 5.19. The van der Waals surface area contributed by atoms with Crippen LogP contribution in [-0.2, 0) is 0 Å². The van der Waals surface area contributed by atoms with Gasteiger partial charge in [0.2, 0.25) is 0 Å². The monoisotopic (exact) mass is 366 g/mol. The molecule has 1 aromatic rings. The van der Waals surface area contributed by atoms with Crippen molar-refractivity contribution in [1.82, 2.24) is 10.2 Å². The van der Waals surface area contributed by atoms with Gasteiger partial charge in [0.15, 0.2) is 0 Å². The fourth-order valence-corrected chi connectivity index (χ4v) is 2.55. The molecule has 1 fully saturated rings. The summed E-state index contributed by atoms with van der Waals surface area (Å²) < 4.78 is 1.02. The van der Waals surface area contributed by atoms with E-state index in [4.69, 9.17) is 0 Å². The molecule has 1 N–H and O–H groups in total. The number of carbonyl (C=O) groups is 1. The molecule has 0 radical (unpaired) electrons. The number of carbonyl (C=O) groups excluding carboxylic acids is 1. The van der Waals surface area contributed by atoms with Gasteiger partial charge in [-0.3, -0.25) is 4.79 Å². The zero-order chi connectivity index (χ0) is 11.5. The summed E-state index contributed by atoms with van der Waals surface area (Å²) in [5.74, 6) is 0.152. The summed E-state index contributed by atoms with van der Waals surface area (Å²) in [6, 6.07) is 8.03. The topological polar surface area (TPSA) is 32.3 Å². The Balaban J connectivity index is 0.00000144. The van der Waals surface area contributed by atoms with Crippen LogP contribution in [0.4, 0.5) is 0 Å². The summed E-state index contributed by atoms with van der Waals surface area (Å²) in [7, 11) is 0. The van der Waals surface area contributed by atoms with E-state index in [1.165, 1.54) is 0 Å². The minimum Gasteiger partial charge on any atom is -0.333 e. The van der Waals surface area contributed by atoms with E-state index < -0.39 is 0 Å². The van der Waals surface area contributed by atoms with Crippen molar-refractivity contribution in [1.29, 1.82) is 0 Å². The first-order chi connectivity index (χ1) is 7.70. The third-order valence-electron chi connectivity index (χ3n) is 2.87. The van der Waals surface area contributed by atoms with Gasteiger partial charge in [-0.1, -0.05) is 12.1 Å². The van der Waals surface area contributed by atoms with Gasteiger partial charge in [-0.05, 0) is 41.6 Å². The predicted octanol–water partition coefficient (Wildman–Crippen LogP) is 2.15. The van der Waals surface area contributed by atoms with Crippen molar-refractivity contribution in [3.8, 4) is 0 Å². The number of halogens is 2. The summed E-state index contributed by atoms with van der Waals surface area (Å²) >= 11 is 2.22. The highest BCUT2D eigenvalue weighted by Crippen LogP contribution is 2.16. The minimum atomic E-state index is 0. The van der Waals surface area contributed by atoms with Gasteiger partial charge in [-0.25, -0.2) is 0 Å². The Morgan fingerprint density at radius 2 is 2.18 bits per heavy atom. The van der Waals surface area contributed by atoms with Gasteiger partial charge < -0.3 is 10.2 Å². The van der Waals surface area contributed by atoms with Crippen molar-refractivity contribution in [2.45, 2.75) is 13.0 Å². The fraction of sp³-hybridized carbons (Fsp3) is 0.417. The third-order valence-corrected chi connectivity index (χ3v) is 3.81. The number of nitrogens with one attached hydrogen (secondary N) is 1. The number of piperazine rings is 1. The molecule has 1 aromatic carbocycles. The first-order valence-corrected chi connectivity index (χ1v) is 6.54. The molecular weight excluding hydrogens is 351 g/mol. The second-order valence-electron chi connectivity index (χ2n) is 4.03. The lowest BCUT2D eigenvalue weighted by atomic mass is 10.1. The van der Waals surface area contributed by atoms with Crippen molar-refractivity contribution in [3.63, 3.8) is 0 Å². The van der Waals surface area contributed by atoms with Crippen molar-refractivity contribution in [3.05, 3.63) is 33.4 Å². The Kier molecular flexibility index (Phi) is 5.69. The number of amides is 1. The number of hydrogen-bond acceptors (Lipinski definition) is 2. The molecule has 3 nitrogen and oxygen atoms in total. The molecule has 0 saturated carbocycles. The van der Waals surface area contributed by atoms with Crippen molar-refractivity contribution < 1.29 is 4.79 Å². The summed E-state index contributed by atoms with van der Waals surface area (Å²) in [5, 5.41) is 3.29. The first kappa shape index (κ1) is 14.7. The molecule has 94 valence electrons. The van der Waals surface area contributed by atoms with Crippen LogP contribution < -0.4 is 5.32 Å². The second kappa shape index (κ2) is 6.56. The van der Waals surface area contributed by atoms with Gasteiger partial charge in [-0.2, -0.15) is 0 Å². The highest BCUT2D eigenvalue weighted by Gasteiger charge is 2.24. The normalized spacial score (nSPS) is 19.6. The molecule has 1 aliphatic rings. The Bertz CT molecular complexity index is 400. The summed E-state index contributed by atoms with van der Waals surface area (Å²) in [4.78, 5) is 14.3. The van der Waals surface area contributed by atoms with Gasteiger partial charge in [0.1, 0.15) is 0 Å². The minimum absolute atomic E-state index is 0. The van der Waals surface area contributed by atoms with Crippen molar-refractivity contribution >= 4 is 40.9 Å². The van der Waals surface area contributed by atoms with E-state index in [0.29, 0.717) is 0 Å². The molecule has 17 heavy (non-hydrogen) atoms. The van der Waals surface area contributed by atoms with Gasteiger partial charge in [-0.15, -0.1) is 12.4 Å². The maximum absolute atomic E-state index is 12.3. The van der Waals surface area contributed by atoms with E-state index in [1.54, 1.807) is 0 Å². The molecule has 0 bridgehead atoms. The molecule has 2 rings (SSSR count). The molecule has 1 saturated heterocycles. The molecule has 5 heteroatoms. The van der Waals surface area contributed by atoms with E-state index in [9.17, 15) is 4.79 Å². The van der Waals surface area contributed by atoms with Crippen LogP contribution in [0.2, 0.25) is 0 Å². The lowest BCUT2D eigenvalue weighted by molar-refractivity contribution is 0.0654. The van der Waals surface area contributed by atoms with E-state index in [1.807, 2.05) is 29.2 Å². The molecule has 0 aromatic heterocycles. The summed E-state index contributed by atoms with van der Waals surface area (Å²) in [5.41, 5.74) is 0.817. The van der Waals surface area contributed by atoms with Crippen molar-refractivity contribution in [2.75, 3.05) is 19.6 Å². The van der Waals surface area contributed by atoms with Gasteiger partial charge in [0.05, 0.1) is 5.56 Å². The molecule has 0 spiro atoms. The molecule has 0 unspecified atom stereocenters. The summed E-state index contributed by atoms with van der Waals surface area (Å²) in [6.07, 6.45) is 0. The molecule has 0 aliphatic carbocycles. The fourth-order valence-electron chi connectivity index (χ4n) is 1.93. The first-order valence-electron chi connectivity index (χ1n) is 5.46. The van der Waals surface area contributed by atoms with Crippen LogP contribution in [0.5, 0.6) is 0 Å². The molecular formula is C12H16ClIN2O. The Labute approximate surface area is 122 Å². The largest absolute Gasteiger partial charge is 0.333 e. The number of nitrogens with zero attached hydrogens (tertiary/aromatic N) is 1. The average Bonchev–Trinajstić information content (AvgIpc) is 2.29. The lowest BCUT2D eigenvalue weighted by Gasteiger charge is -2.34. The van der Waals surface area contributed by atoms with Crippen LogP contribution in [0.15, 0.2) is 24.3 Å². The maximum atomic E-state index is 12.3. The smallest absolute Gasteiger partial charge is 0.255 e. The predicted molar refractivity (Wildman–Crippen MR) is 79.8 cm³/mol. The van der Waals surface area contributed by atoms with E-state index >= 15 is 0 Å². The van der Waals surface area contributed by atoms with E-state index in [-0.39, 0.29) is 24.4 Å². The van der Waals surface area contributed by atoms with E-state index in [0.717, 1.165) is 28.8 Å². The number of rotatable bonds is 1. The van der Waals surface area contributed by atoms with Crippen LogP contribution in [-0.4, -0.2) is 36.5 Å². The number of benzene rings is 1. The quantitative estimate of drug-likeness (QED) is 0.773. The molecule has 1 amide bonds. The molecule has 1 heterocycles. The average molecular weight is 367 g/mol. The molecule has 1 atom stereocenters. The Hall–Kier alpha value is -0.330. The van der Waals surface area contributed by atoms with Crippen LogP contribution in [0.3, 0.4) is 0 Å². The SMILES string of the molecule is C[C@H]1CNCCN1C(=O)c1ccccc1I.Cl. The van der Waals surface area contributed by atoms with Gasteiger partial charge in [0, 0.05) is 29.2 Å². The van der Waals surface area contributed by atoms with Gasteiger partial charge in [0.25, 0.3) is 5.91 Å². The van der Waals surface area contributed by atoms with Crippen LogP contribution in [0, 0.1) is 3.57 Å². The van der Waals surface area contributed by atoms with Crippen LogP contribution in [0.1, 0.15) is 17.3 Å². The van der Waals surface area contributed by atoms with Crippen molar-refractivity contribution in [2.24, 2.45) is 0 Å². The lowest BCUT2D eigenvalue weighted by Crippen LogP contribution is -2.52. The van der Waals surface area contributed by atoms with E-state index in [2.05, 4.69) is 34.8 Å². The highest BCUT2D eigenvalue weighted by molar-refractivity contribution is 14.1. The zero-order valence-electron chi connectivity index (χ0n) is 9.65. The number of hydrogen-bond donors (Lipinski definition) is 1. The third kappa shape index (κ3) is 3.33. The zero-order valence-corrected chi connectivity index (χ0v) is 12.6. The highest BCUT2D eigenvalue weighted by atomic mass is 127. The maximum Gasteiger partial charge on any atom is 0.255 e. The summed E-state index contributed by atoms with van der Waals surface area (Å²) in [6.45, 7) is 4.65. The van der Waals surface area contributed by atoms with Crippen LogP contribution >= 0.6 is 35.0 Å². The standard InChI is InChI=1S/C12H15IN2O.ClH/c1-9-8-14-6-7-15(9)12(16)10-4-2-3-5-11(10)13;/h2-5,9,14H,6-8H2,1H3;1H/t9-;/m0./s1. The van der Waals surface area contributed by atoms with Gasteiger partial charge >= 0.3 is 0 Å².